The van der Waals surface area contributed by atoms with Crippen molar-refractivity contribution in [3.05, 3.63) is 56.1 Å². The number of rotatable bonds is 4. The molecule has 5 nitrogen and oxygen atoms in total. The number of nitrogens with one attached hydrogen (secondary N) is 1. The molecule has 2 rings (SSSR count). The summed E-state index contributed by atoms with van der Waals surface area (Å²) in [5, 5.41) is -0.0714. The minimum atomic E-state index is -0.611. The van der Waals surface area contributed by atoms with Gasteiger partial charge < -0.3 is 4.74 Å². The lowest BCUT2D eigenvalue weighted by atomic mass is 10.1. The summed E-state index contributed by atoms with van der Waals surface area (Å²) in [4.78, 5) is 26.7. The molecule has 21 heavy (non-hydrogen) atoms. The average Bonchev–Trinajstić information content (AvgIpc) is 2.45. The van der Waals surface area contributed by atoms with E-state index in [9.17, 15) is 14.0 Å². The van der Waals surface area contributed by atoms with Crippen molar-refractivity contribution in [2.45, 2.75) is 19.6 Å². The monoisotopic (exact) mass is 312 g/mol. The third-order valence-electron chi connectivity index (χ3n) is 3.12. The number of aromatic amines is 1. The maximum Gasteiger partial charge on any atom is 0.329 e. The predicted molar refractivity (Wildman–Crippen MR) is 78.2 cm³/mol. The molecular formula is C14H14ClFN2O3. The zero-order valence-corrected chi connectivity index (χ0v) is 12.3. The number of methoxy groups -OCH3 is 1. The summed E-state index contributed by atoms with van der Waals surface area (Å²) in [5.74, 6) is -0.423. The van der Waals surface area contributed by atoms with Gasteiger partial charge in [-0.05, 0) is 24.6 Å². The van der Waals surface area contributed by atoms with Gasteiger partial charge in [-0.25, -0.2) is 9.18 Å². The van der Waals surface area contributed by atoms with Crippen molar-refractivity contribution in [3.63, 3.8) is 0 Å². The lowest BCUT2D eigenvalue weighted by Gasteiger charge is -2.13. The Kier molecular flexibility index (Phi) is 4.59. The topological polar surface area (TPSA) is 64.1 Å². The highest BCUT2D eigenvalue weighted by atomic mass is 35.5. The number of hydrogen-bond donors (Lipinski definition) is 1. The maximum absolute atomic E-state index is 13.0. The Morgan fingerprint density at radius 1 is 1.33 bits per heavy atom. The van der Waals surface area contributed by atoms with E-state index in [2.05, 4.69) is 4.98 Å². The fourth-order valence-corrected chi connectivity index (χ4v) is 2.18. The van der Waals surface area contributed by atoms with Gasteiger partial charge in [0, 0.05) is 7.11 Å². The molecule has 0 amide bonds. The smallest absolute Gasteiger partial charge is 0.329 e. The Labute approximate surface area is 125 Å². The number of hydrogen-bond acceptors (Lipinski definition) is 3. The molecule has 0 aliphatic carbocycles. The molecule has 1 unspecified atom stereocenters. The van der Waals surface area contributed by atoms with Crippen LogP contribution in [0.3, 0.4) is 0 Å². The second-order valence-electron chi connectivity index (χ2n) is 4.59. The van der Waals surface area contributed by atoms with Gasteiger partial charge in [0.05, 0.1) is 18.2 Å². The van der Waals surface area contributed by atoms with Crippen molar-refractivity contribution < 1.29 is 9.13 Å². The summed E-state index contributed by atoms with van der Waals surface area (Å²) in [7, 11) is 1.49. The molecule has 0 saturated heterocycles. The molecular weight excluding hydrogens is 299 g/mol. The standard InChI is InChI=1S/C14H14ClFN2O3/c1-8(21-2)7-18-13(19)11(12(15)17-14(18)20)9-3-5-10(16)6-4-9/h3-6,8H,7H2,1-2H3,(H,17,20). The van der Waals surface area contributed by atoms with Crippen molar-refractivity contribution >= 4 is 11.6 Å². The third-order valence-corrected chi connectivity index (χ3v) is 3.40. The van der Waals surface area contributed by atoms with E-state index in [1.165, 1.54) is 31.4 Å². The average molecular weight is 313 g/mol. The van der Waals surface area contributed by atoms with Crippen LogP contribution >= 0.6 is 11.6 Å². The molecule has 112 valence electrons. The summed E-state index contributed by atoms with van der Waals surface area (Å²) in [6.07, 6.45) is -0.314. The second kappa shape index (κ2) is 6.24. The Morgan fingerprint density at radius 3 is 2.52 bits per heavy atom. The molecule has 0 spiro atoms. The molecule has 0 aliphatic rings. The zero-order valence-electron chi connectivity index (χ0n) is 11.5. The molecule has 0 fully saturated rings. The molecule has 0 radical (unpaired) electrons. The van der Waals surface area contributed by atoms with E-state index in [4.69, 9.17) is 16.3 Å². The van der Waals surface area contributed by atoms with Crippen LogP contribution < -0.4 is 11.2 Å². The highest BCUT2D eigenvalue weighted by molar-refractivity contribution is 6.32. The molecule has 2 aromatic rings. The highest BCUT2D eigenvalue weighted by Crippen LogP contribution is 2.21. The van der Waals surface area contributed by atoms with Crippen LogP contribution in [0, 0.1) is 5.82 Å². The fraction of sp³-hybridized carbons (Fsp3) is 0.286. The fourth-order valence-electron chi connectivity index (χ4n) is 1.91. The SMILES string of the molecule is COC(C)Cn1c(=O)[nH]c(Cl)c(-c2ccc(F)cc2)c1=O. The van der Waals surface area contributed by atoms with E-state index < -0.39 is 17.1 Å². The van der Waals surface area contributed by atoms with E-state index in [0.29, 0.717) is 5.56 Å². The van der Waals surface area contributed by atoms with Crippen molar-refractivity contribution in [2.75, 3.05) is 7.11 Å². The minimum absolute atomic E-state index is 0.0714. The Balaban J connectivity index is 2.62. The van der Waals surface area contributed by atoms with Crippen molar-refractivity contribution in [1.29, 1.82) is 0 Å². The van der Waals surface area contributed by atoms with Crippen LogP contribution in [-0.2, 0) is 11.3 Å². The second-order valence-corrected chi connectivity index (χ2v) is 4.97. The van der Waals surface area contributed by atoms with Crippen LogP contribution in [0.5, 0.6) is 0 Å². The Bertz CT molecular complexity index is 752. The molecule has 1 aromatic heterocycles. The normalized spacial score (nSPS) is 12.4. The summed E-state index contributed by atoms with van der Waals surface area (Å²) in [5.41, 5.74) is -0.597. The first kappa shape index (κ1) is 15.5. The number of halogens is 2. The molecule has 1 aromatic carbocycles. The van der Waals surface area contributed by atoms with Crippen molar-refractivity contribution in [1.82, 2.24) is 9.55 Å². The van der Waals surface area contributed by atoms with Crippen LogP contribution in [0.15, 0.2) is 33.9 Å². The van der Waals surface area contributed by atoms with Crippen LogP contribution in [0.4, 0.5) is 4.39 Å². The Hall–Kier alpha value is -1.92. The summed E-state index contributed by atoms with van der Waals surface area (Å²) >= 11 is 5.96. The summed E-state index contributed by atoms with van der Waals surface area (Å²) < 4.78 is 19.0. The number of aromatic nitrogens is 2. The molecule has 0 bridgehead atoms. The molecule has 0 aliphatic heterocycles. The first-order valence-corrected chi connectivity index (χ1v) is 6.63. The van der Waals surface area contributed by atoms with E-state index in [0.717, 1.165) is 4.57 Å². The van der Waals surface area contributed by atoms with Crippen LogP contribution in [0.2, 0.25) is 5.15 Å². The summed E-state index contributed by atoms with van der Waals surface area (Å²) in [6.45, 7) is 1.83. The number of H-pyrrole nitrogens is 1. The third kappa shape index (κ3) is 3.22. The van der Waals surface area contributed by atoms with Crippen molar-refractivity contribution in [3.8, 4) is 11.1 Å². The van der Waals surface area contributed by atoms with Gasteiger partial charge in [-0.2, -0.15) is 0 Å². The minimum Gasteiger partial charge on any atom is -0.380 e. The molecule has 1 heterocycles. The van der Waals surface area contributed by atoms with Crippen LogP contribution in [-0.4, -0.2) is 22.8 Å². The van der Waals surface area contributed by atoms with Crippen LogP contribution in [0.25, 0.3) is 11.1 Å². The number of benzene rings is 1. The summed E-state index contributed by atoms with van der Waals surface area (Å²) in [6, 6.07) is 5.30. The van der Waals surface area contributed by atoms with Gasteiger partial charge in [0.1, 0.15) is 11.0 Å². The quantitative estimate of drug-likeness (QED) is 0.879. The van der Waals surface area contributed by atoms with Gasteiger partial charge in [0.15, 0.2) is 0 Å². The van der Waals surface area contributed by atoms with Gasteiger partial charge >= 0.3 is 5.69 Å². The first-order chi connectivity index (χ1) is 9.93. The Morgan fingerprint density at radius 2 is 1.95 bits per heavy atom. The van der Waals surface area contributed by atoms with E-state index in [-0.39, 0.29) is 23.4 Å². The lowest BCUT2D eigenvalue weighted by Crippen LogP contribution is -2.39. The number of nitrogens with zero attached hydrogens (tertiary/aromatic N) is 1. The van der Waals surface area contributed by atoms with Gasteiger partial charge in [-0.1, -0.05) is 23.7 Å². The highest BCUT2D eigenvalue weighted by Gasteiger charge is 2.16. The lowest BCUT2D eigenvalue weighted by molar-refractivity contribution is 0.101. The first-order valence-electron chi connectivity index (χ1n) is 6.25. The molecule has 1 atom stereocenters. The van der Waals surface area contributed by atoms with Crippen molar-refractivity contribution in [2.24, 2.45) is 0 Å². The van der Waals surface area contributed by atoms with Crippen LogP contribution in [0.1, 0.15) is 6.92 Å². The van der Waals surface area contributed by atoms with Gasteiger partial charge in [-0.15, -0.1) is 0 Å². The molecule has 0 saturated carbocycles. The largest absolute Gasteiger partial charge is 0.380 e. The molecule has 7 heteroatoms. The van der Waals surface area contributed by atoms with E-state index in [1.807, 2.05) is 0 Å². The molecule has 1 N–H and O–H groups in total. The van der Waals surface area contributed by atoms with Gasteiger partial charge in [0.25, 0.3) is 5.56 Å². The van der Waals surface area contributed by atoms with Gasteiger partial charge in [-0.3, -0.25) is 14.3 Å². The van der Waals surface area contributed by atoms with Gasteiger partial charge in [0.2, 0.25) is 0 Å². The zero-order chi connectivity index (χ0) is 15.6. The predicted octanol–water partition coefficient (Wildman–Crippen LogP) is 2.03. The maximum atomic E-state index is 13.0. The van der Waals surface area contributed by atoms with E-state index >= 15 is 0 Å². The van der Waals surface area contributed by atoms with E-state index in [1.54, 1.807) is 6.92 Å². The number of ether oxygens (including phenoxy) is 1.